The first-order chi connectivity index (χ1) is 9.62. The zero-order valence-electron chi connectivity index (χ0n) is 13.2. The van der Waals surface area contributed by atoms with Crippen LogP contribution >= 0.6 is 0 Å². The SMILES string of the molecule is COc1cc(OC)c(CNCCCN(C)C)c(OC)c1. The maximum absolute atomic E-state index is 5.42. The summed E-state index contributed by atoms with van der Waals surface area (Å²) >= 11 is 0. The van der Waals surface area contributed by atoms with E-state index in [0.717, 1.165) is 42.3 Å². The van der Waals surface area contributed by atoms with Crippen molar-refractivity contribution in [3.05, 3.63) is 17.7 Å². The Kier molecular flexibility index (Phi) is 7.18. The second kappa shape index (κ2) is 8.66. The Balaban J connectivity index is 2.67. The fourth-order valence-electron chi connectivity index (χ4n) is 1.99. The van der Waals surface area contributed by atoms with Crippen LogP contribution in [0.3, 0.4) is 0 Å². The molecule has 5 heteroatoms. The highest BCUT2D eigenvalue weighted by atomic mass is 16.5. The molecule has 0 radical (unpaired) electrons. The van der Waals surface area contributed by atoms with Crippen molar-refractivity contribution in [2.24, 2.45) is 0 Å². The Hall–Kier alpha value is -1.46. The van der Waals surface area contributed by atoms with Gasteiger partial charge in [0.25, 0.3) is 0 Å². The first-order valence-electron chi connectivity index (χ1n) is 6.76. The molecule has 0 fully saturated rings. The number of nitrogens with one attached hydrogen (secondary N) is 1. The van der Waals surface area contributed by atoms with Crippen molar-refractivity contribution in [2.45, 2.75) is 13.0 Å². The molecular formula is C15H26N2O3. The van der Waals surface area contributed by atoms with E-state index in [0.29, 0.717) is 6.54 Å². The van der Waals surface area contributed by atoms with Crippen LogP contribution in [0, 0.1) is 0 Å². The van der Waals surface area contributed by atoms with Gasteiger partial charge in [-0.3, -0.25) is 0 Å². The summed E-state index contributed by atoms with van der Waals surface area (Å²) in [5, 5.41) is 3.42. The molecule has 0 aliphatic heterocycles. The molecule has 0 atom stereocenters. The van der Waals surface area contributed by atoms with E-state index in [4.69, 9.17) is 14.2 Å². The van der Waals surface area contributed by atoms with Crippen LogP contribution in [0.1, 0.15) is 12.0 Å². The molecule has 20 heavy (non-hydrogen) atoms. The predicted octanol–water partition coefficient (Wildman–Crippen LogP) is 1.75. The number of hydrogen-bond acceptors (Lipinski definition) is 5. The van der Waals surface area contributed by atoms with Gasteiger partial charge in [-0.1, -0.05) is 0 Å². The van der Waals surface area contributed by atoms with Crippen LogP contribution in [0.4, 0.5) is 0 Å². The van der Waals surface area contributed by atoms with Crippen molar-refractivity contribution in [1.29, 1.82) is 0 Å². The lowest BCUT2D eigenvalue weighted by Crippen LogP contribution is -2.21. The van der Waals surface area contributed by atoms with E-state index >= 15 is 0 Å². The van der Waals surface area contributed by atoms with E-state index in [-0.39, 0.29) is 0 Å². The third-order valence-corrected chi connectivity index (χ3v) is 3.08. The molecule has 0 aliphatic rings. The molecular weight excluding hydrogens is 256 g/mol. The van der Waals surface area contributed by atoms with Crippen molar-refractivity contribution < 1.29 is 14.2 Å². The largest absolute Gasteiger partial charge is 0.496 e. The number of hydrogen-bond donors (Lipinski definition) is 1. The van der Waals surface area contributed by atoms with Crippen LogP contribution < -0.4 is 19.5 Å². The molecule has 0 heterocycles. The van der Waals surface area contributed by atoms with E-state index in [1.807, 2.05) is 12.1 Å². The molecule has 1 N–H and O–H groups in total. The Morgan fingerprint density at radius 2 is 1.60 bits per heavy atom. The first-order valence-corrected chi connectivity index (χ1v) is 6.76. The lowest BCUT2D eigenvalue weighted by Gasteiger charge is -2.16. The molecule has 1 aromatic rings. The average Bonchev–Trinajstić information content (AvgIpc) is 2.46. The van der Waals surface area contributed by atoms with Gasteiger partial charge in [-0.15, -0.1) is 0 Å². The van der Waals surface area contributed by atoms with Gasteiger partial charge in [-0.25, -0.2) is 0 Å². The molecule has 0 unspecified atom stereocenters. The summed E-state index contributed by atoms with van der Waals surface area (Å²) in [5.74, 6) is 2.29. The fraction of sp³-hybridized carbons (Fsp3) is 0.600. The third kappa shape index (κ3) is 4.90. The van der Waals surface area contributed by atoms with E-state index in [1.165, 1.54) is 0 Å². The van der Waals surface area contributed by atoms with Crippen LogP contribution in [-0.4, -0.2) is 53.4 Å². The Morgan fingerprint density at radius 3 is 2.05 bits per heavy atom. The summed E-state index contributed by atoms with van der Waals surface area (Å²) in [6, 6.07) is 3.75. The minimum absolute atomic E-state index is 0.712. The molecule has 1 rings (SSSR count). The van der Waals surface area contributed by atoms with Crippen molar-refractivity contribution >= 4 is 0 Å². The molecule has 0 aliphatic carbocycles. The minimum atomic E-state index is 0.712. The van der Waals surface area contributed by atoms with Gasteiger partial charge in [0.1, 0.15) is 17.2 Å². The number of methoxy groups -OCH3 is 3. The summed E-state index contributed by atoms with van der Waals surface area (Å²) in [6.45, 7) is 2.74. The third-order valence-electron chi connectivity index (χ3n) is 3.08. The van der Waals surface area contributed by atoms with E-state index < -0.39 is 0 Å². The second-order valence-electron chi connectivity index (χ2n) is 4.84. The van der Waals surface area contributed by atoms with Gasteiger partial charge in [0.15, 0.2) is 0 Å². The van der Waals surface area contributed by atoms with Gasteiger partial charge in [0.2, 0.25) is 0 Å². The zero-order valence-corrected chi connectivity index (χ0v) is 13.2. The predicted molar refractivity (Wildman–Crippen MR) is 81.0 cm³/mol. The van der Waals surface area contributed by atoms with E-state index in [1.54, 1.807) is 21.3 Å². The molecule has 0 bridgehead atoms. The summed E-state index contributed by atoms with van der Waals surface area (Å²) in [7, 11) is 9.10. The van der Waals surface area contributed by atoms with Gasteiger partial charge in [-0.2, -0.15) is 0 Å². The van der Waals surface area contributed by atoms with Crippen molar-refractivity contribution in [1.82, 2.24) is 10.2 Å². The monoisotopic (exact) mass is 282 g/mol. The molecule has 1 aromatic carbocycles. The van der Waals surface area contributed by atoms with Gasteiger partial charge >= 0.3 is 0 Å². The van der Waals surface area contributed by atoms with Crippen molar-refractivity contribution in [2.75, 3.05) is 48.5 Å². The lowest BCUT2D eigenvalue weighted by atomic mass is 10.1. The van der Waals surface area contributed by atoms with Crippen molar-refractivity contribution in [3.8, 4) is 17.2 Å². The standard InChI is InChI=1S/C15H26N2O3/c1-17(2)8-6-7-16-11-13-14(19-4)9-12(18-3)10-15(13)20-5/h9-10,16H,6-8,11H2,1-5H3. The summed E-state index contributed by atoms with van der Waals surface area (Å²) in [5.41, 5.74) is 1.01. The topological polar surface area (TPSA) is 43.0 Å². The normalized spacial score (nSPS) is 10.7. The molecule has 0 saturated heterocycles. The first kappa shape index (κ1) is 16.6. The quantitative estimate of drug-likeness (QED) is 0.699. The minimum Gasteiger partial charge on any atom is -0.496 e. The number of ether oxygens (including phenoxy) is 3. The maximum Gasteiger partial charge on any atom is 0.130 e. The highest BCUT2D eigenvalue weighted by Gasteiger charge is 2.12. The van der Waals surface area contributed by atoms with Crippen LogP contribution in [0.25, 0.3) is 0 Å². The number of benzene rings is 1. The second-order valence-corrected chi connectivity index (χ2v) is 4.84. The smallest absolute Gasteiger partial charge is 0.130 e. The highest BCUT2D eigenvalue weighted by Crippen LogP contribution is 2.33. The van der Waals surface area contributed by atoms with E-state index in [9.17, 15) is 0 Å². The Bertz CT molecular complexity index is 383. The Morgan fingerprint density at radius 1 is 1.00 bits per heavy atom. The van der Waals surface area contributed by atoms with E-state index in [2.05, 4.69) is 24.3 Å². The molecule has 0 spiro atoms. The van der Waals surface area contributed by atoms with Gasteiger partial charge in [0.05, 0.1) is 26.9 Å². The van der Waals surface area contributed by atoms with Crippen molar-refractivity contribution in [3.63, 3.8) is 0 Å². The zero-order chi connectivity index (χ0) is 15.0. The fourth-order valence-corrected chi connectivity index (χ4v) is 1.99. The maximum atomic E-state index is 5.42. The van der Waals surface area contributed by atoms with Crippen LogP contribution in [0.5, 0.6) is 17.2 Å². The van der Waals surface area contributed by atoms with Gasteiger partial charge in [-0.05, 0) is 33.6 Å². The summed E-state index contributed by atoms with van der Waals surface area (Å²) in [4.78, 5) is 2.18. The molecule has 0 saturated carbocycles. The number of rotatable bonds is 9. The molecule has 5 nitrogen and oxygen atoms in total. The average molecular weight is 282 g/mol. The van der Waals surface area contributed by atoms with Crippen LogP contribution in [0.15, 0.2) is 12.1 Å². The summed E-state index contributed by atoms with van der Waals surface area (Å²) in [6.07, 6.45) is 1.10. The molecule has 0 aromatic heterocycles. The molecule has 0 amide bonds. The van der Waals surface area contributed by atoms with Gasteiger partial charge < -0.3 is 24.4 Å². The van der Waals surface area contributed by atoms with Crippen LogP contribution in [0.2, 0.25) is 0 Å². The number of nitrogens with zero attached hydrogens (tertiary/aromatic N) is 1. The molecule has 114 valence electrons. The lowest BCUT2D eigenvalue weighted by molar-refractivity contribution is 0.364. The Labute approximate surface area is 121 Å². The van der Waals surface area contributed by atoms with Gasteiger partial charge in [0, 0.05) is 18.7 Å². The summed E-state index contributed by atoms with van der Waals surface area (Å²) < 4.78 is 16.1. The highest BCUT2D eigenvalue weighted by molar-refractivity contribution is 5.50. The van der Waals surface area contributed by atoms with Crippen LogP contribution in [-0.2, 0) is 6.54 Å².